The third kappa shape index (κ3) is 3.68. The largest absolute Gasteiger partial charge is 0.356 e. The van der Waals surface area contributed by atoms with Crippen LogP contribution in [0.4, 0.5) is 5.82 Å². The Morgan fingerprint density at radius 2 is 1.92 bits per heavy atom. The number of aryl methyl sites for hydroxylation is 1. The molecule has 0 aliphatic carbocycles. The normalized spacial score (nSPS) is 28.6. The second kappa shape index (κ2) is 7.20. The summed E-state index contributed by atoms with van der Waals surface area (Å²) in [4.78, 5) is 14.7. The van der Waals surface area contributed by atoms with Crippen LogP contribution < -0.4 is 10.2 Å². The molecule has 3 saturated heterocycles. The Morgan fingerprint density at radius 1 is 1.12 bits per heavy atom. The van der Waals surface area contributed by atoms with Gasteiger partial charge in [-0.05, 0) is 45.1 Å². The van der Waals surface area contributed by atoms with Crippen molar-refractivity contribution in [3.8, 4) is 0 Å². The quantitative estimate of drug-likeness (QED) is 0.914. The summed E-state index contributed by atoms with van der Waals surface area (Å²) in [5, 5.41) is 3.74. The third-order valence-corrected chi connectivity index (χ3v) is 6.31. The molecule has 0 amide bonds. The number of hydrogen-bond acceptors (Lipinski definition) is 5. The van der Waals surface area contributed by atoms with Gasteiger partial charge in [0, 0.05) is 55.9 Å². The van der Waals surface area contributed by atoms with Crippen molar-refractivity contribution in [2.75, 3.05) is 37.6 Å². The van der Waals surface area contributed by atoms with E-state index in [9.17, 15) is 0 Å². The van der Waals surface area contributed by atoms with Crippen LogP contribution in [-0.4, -0.2) is 59.7 Å². The third-order valence-electron chi connectivity index (χ3n) is 6.31. The topological polar surface area (TPSA) is 44.3 Å². The number of likely N-dealkylation sites (tertiary alicyclic amines) is 1. The fraction of sp³-hybridized carbons (Fsp3) is 0.800. The van der Waals surface area contributed by atoms with E-state index in [4.69, 9.17) is 4.98 Å². The van der Waals surface area contributed by atoms with Gasteiger partial charge < -0.3 is 10.2 Å². The van der Waals surface area contributed by atoms with Crippen molar-refractivity contribution in [3.05, 3.63) is 17.6 Å². The molecule has 1 aromatic heterocycles. The summed E-state index contributed by atoms with van der Waals surface area (Å²) in [6.07, 6.45) is 5.31. The second-order valence-electron chi connectivity index (χ2n) is 8.52. The molecule has 1 aromatic rings. The van der Waals surface area contributed by atoms with Gasteiger partial charge in [-0.15, -0.1) is 0 Å². The Hall–Kier alpha value is -1.20. The molecule has 4 heterocycles. The first-order valence-corrected chi connectivity index (χ1v) is 10.2. The van der Waals surface area contributed by atoms with E-state index in [1.165, 1.54) is 45.3 Å². The first kappa shape index (κ1) is 17.2. The SMILES string of the molecule is Cc1cc(N2CCC(N3C[C@H]4CCCN[C@H]4C3)CC2)nc(C(C)C)n1. The number of nitrogens with one attached hydrogen (secondary N) is 1. The molecule has 0 aromatic carbocycles. The molecule has 0 saturated carbocycles. The first-order valence-electron chi connectivity index (χ1n) is 10.2. The summed E-state index contributed by atoms with van der Waals surface area (Å²) < 4.78 is 0. The van der Waals surface area contributed by atoms with Gasteiger partial charge in [0.2, 0.25) is 0 Å². The summed E-state index contributed by atoms with van der Waals surface area (Å²) in [5.41, 5.74) is 1.09. The van der Waals surface area contributed by atoms with Gasteiger partial charge in [-0.2, -0.15) is 0 Å². The molecule has 138 valence electrons. The van der Waals surface area contributed by atoms with Gasteiger partial charge in [0.1, 0.15) is 11.6 Å². The van der Waals surface area contributed by atoms with Crippen molar-refractivity contribution in [3.63, 3.8) is 0 Å². The van der Waals surface area contributed by atoms with E-state index in [0.717, 1.165) is 48.4 Å². The molecular weight excluding hydrogens is 310 g/mol. The summed E-state index contributed by atoms with van der Waals surface area (Å²) >= 11 is 0. The van der Waals surface area contributed by atoms with Crippen LogP contribution in [-0.2, 0) is 0 Å². The Bertz CT molecular complexity index is 580. The minimum Gasteiger partial charge on any atom is -0.356 e. The molecule has 4 rings (SSSR count). The van der Waals surface area contributed by atoms with E-state index in [-0.39, 0.29) is 0 Å². The van der Waals surface area contributed by atoms with Crippen molar-refractivity contribution in [1.29, 1.82) is 0 Å². The number of aromatic nitrogens is 2. The summed E-state index contributed by atoms with van der Waals surface area (Å²) in [5.74, 6) is 3.39. The van der Waals surface area contributed by atoms with Gasteiger partial charge in [0.25, 0.3) is 0 Å². The van der Waals surface area contributed by atoms with Gasteiger partial charge in [-0.1, -0.05) is 13.8 Å². The Labute approximate surface area is 152 Å². The van der Waals surface area contributed by atoms with Crippen LogP contribution in [0.5, 0.6) is 0 Å². The summed E-state index contributed by atoms with van der Waals surface area (Å²) in [6.45, 7) is 12.5. The predicted molar refractivity (Wildman–Crippen MR) is 102 cm³/mol. The molecule has 0 bridgehead atoms. The number of anilines is 1. The number of rotatable bonds is 3. The summed E-state index contributed by atoms with van der Waals surface area (Å²) in [7, 11) is 0. The maximum atomic E-state index is 4.83. The van der Waals surface area contributed by atoms with Crippen molar-refractivity contribution in [2.24, 2.45) is 5.92 Å². The monoisotopic (exact) mass is 343 g/mol. The molecule has 5 heteroatoms. The average molecular weight is 344 g/mol. The van der Waals surface area contributed by atoms with Gasteiger partial charge in [0.15, 0.2) is 0 Å². The van der Waals surface area contributed by atoms with Gasteiger partial charge >= 0.3 is 0 Å². The molecule has 3 aliphatic heterocycles. The van der Waals surface area contributed by atoms with Crippen LogP contribution >= 0.6 is 0 Å². The lowest BCUT2D eigenvalue weighted by Crippen LogP contribution is -2.45. The minimum absolute atomic E-state index is 0.386. The molecule has 25 heavy (non-hydrogen) atoms. The Morgan fingerprint density at radius 3 is 2.64 bits per heavy atom. The van der Waals surface area contributed by atoms with Gasteiger partial charge in [-0.25, -0.2) is 9.97 Å². The zero-order valence-electron chi connectivity index (χ0n) is 16.0. The van der Waals surface area contributed by atoms with Crippen molar-refractivity contribution < 1.29 is 0 Å². The molecule has 1 N–H and O–H groups in total. The molecule has 0 radical (unpaired) electrons. The Kier molecular flexibility index (Phi) is 4.96. The van der Waals surface area contributed by atoms with Crippen LogP contribution in [0, 0.1) is 12.8 Å². The highest BCUT2D eigenvalue weighted by atomic mass is 15.3. The predicted octanol–water partition coefficient (Wildman–Crippen LogP) is 2.56. The molecule has 5 nitrogen and oxygen atoms in total. The number of nitrogens with zero attached hydrogens (tertiary/aromatic N) is 4. The second-order valence-corrected chi connectivity index (χ2v) is 8.52. The molecule has 3 aliphatic rings. The lowest BCUT2D eigenvalue weighted by molar-refractivity contribution is 0.199. The highest BCUT2D eigenvalue weighted by Gasteiger charge is 2.38. The van der Waals surface area contributed by atoms with Crippen LogP contribution in [0.25, 0.3) is 0 Å². The maximum absolute atomic E-state index is 4.83. The van der Waals surface area contributed by atoms with E-state index in [1.807, 2.05) is 0 Å². The minimum atomic E-state index is 0.386. The van der Waals surface area contributed by atoms with Crippen LogP contribution in [0.1, 0.15) is 57.0 Å². The summed E-state index contributed by atoms with van der Waals surface area (Å²) in [6, 6.07) is 3.67. The van der Waals surface area contributed by atoms with E-state index >= 15 is 0 Å². The van der Waals surface area contributed by atoms with Crippen LogP contribution in [0.15, 0.2) is 6.07 Å². The van der Waals surface area contributed by atoms with Gasteiger partial charge in [0.05, 0.1) is 0 Å². The Balaban J connectivity index is 1.37. The average Bonchev–Trinajstić information content (AvgIpc) is 3.05. The lowest BCUT2D eigenvalue weighted by Gasteiger charge is -2.37. The van der Waals surface area contributed by atoms with Crippen LogP contribution in [0.2, 0.25) is 0 Å². The van der Waals surface area contributed by atoms with E-state index in [2.05, 4.69) is 46.9 Å². The van der Waals surface area contributed by atoms with Crippen LogP contribution in [0.3, 0.4) is 0 Å². The maximum Gasteiger partial charge on any atom is 0.133 e. The fourth-order valence-corrected chi connectivity index (χ4v) is 4.83. The molecule has 2 atom stereocenters. The van der Waals surface area contributed by atoms with E-state index in [0.29, 0.717) is 5.92 Å². The molecule has 0 spiro atoms. The van der Waals surface area contributed by atoms with E-state index in [1.54, 1.807) is 0 Å². The highest BCUT2D eigenvalue weighted by Crippen LogP contribution is 2.30. The number of fused-ring (bicyclic) bond motifs is 1. The van der Waals surface area contributed by atoms with Gasteiger partial charge in [-0.3, -0.25) is 4.90 Å². The number of piperidine rings is 2. The van der Waals surface area contributed by atoms with Crippen molar-refractivity contribution in [2.45, 2.75) is 64.5 Å². The first-order chi connectivity index (χ1) is 12.1. The molecular formula is C20H33N5. The molecule has 0 unspecified atom stereocenters. The molecule has 3 fully saturated rings. The van der Waals surface area contributed by atoms with Crippen molar-refractivity contribution >= 4 is 5.82 Å². The zero-order chi connectivity index (χ0) is 17.4. The lowest BCUT2D eigenvalue weighted by atomic mass is 9.94. The standard InChI is InChI=1S/C20H33N5/c1-14(2)20-22-15(3)11-19(23-20)24-9-6-17(7-10-24)25-12-16-5-4-8-21-18(16)13-25/h11,14,16-18,21H,4-10,12-13H2,1-3H3/t16-,18+/m1/s1. The van der Waals surface area contributed by atoms with E-state index < -0.39 is 0 Å². The number of hydrogen-bond donors (Lipinski definition) is 1. The highest BCUT2D eigenvalue weighted by molar-refractivity contribution is 5.40. The fourth-order valence-electron chi connectivity index (χ4n) is 4.83. The smallest absolute Gasteiger partial charge is 0.133 e. The zero-order valence-corrected chi connectivity index (χ0v) is 16.0. The van der Waals surface area contributed by atoms with Crippen molar-refractivity contribution in [1.82, 2.24) is 20.2 Å².